The van der Waals surface area contributed by atoms with E-state index in [1.54, 1.807) is 0 Å². The molecule has 2 rings (SSSR count). The Labute approximate surface area is 165 Å². The van der Waals surface area contributed by atoms with Gasteiger partial charge in [-0.2, -0.15) is 0 Å². The summed E-state index contributed by atoms with van der Waals surface area (Å²) in [6.45, 7) is 3.49. The van der Waals surface area contributed by atoms with Crippen molar-refractivity contribution >= 4 is 28.9 Å². The predicted octanol–water partition coefficient (Wildman–Crippen LogP) is 2.77. The molecule has 0 heterocycles. The van der Waals surface area contributed by atoms with Gasteiger partial charge in [0.1, 0.15) is 18.2 Å². The number of ether oxygens (including phenoxy) is 1. The summed E-state index contributed by atoms with van der Waals surface area (Å²) in [7, 11) is 0. The maximum Gasteiger partial charge on any atom is 0.272 e. The van der Waals surface area contributed by atoms with Crippen LogP contribution >= 0.6 is 0 Å². The van der Waals surface area contributed by atoms with Crippen molar-refractivity contribution in [3.05, 3.63) is 57.9 Å². The quantitative estimate of drug-likeness (QED) is 0.480. The smallest absolute Gasteiger partial charge is 0.272 e. The number of nitrogens with zero attached hydrogens (tertiary/aromatic N) is 1. The number of amides is 2. The summed E-state index contributed by atoms with van der Waals surface area (Å²) >= 11 is 0. The number of anilines is 2. The molecule has 1 unspecified atom stereocenters. The van der Waals surface area contributed by atoms with Crippen molar-refractivity contribution < 1.29 is 28.7 Å². The van der Waals surface area contributed by atoms with Crippen LogP contribution in [0.25, 0.3) is 0 Å². The molecule has 2 amide bonds. The van der Waals surface area contributed by atoms with Crippen LogP contribution in [0.3, 0.4) is 0 Å². The summed E-state index contributed by atoms with van der Waals surface area (Å²) in [5, 5.41) is 26.0. The number of hydrogen-bond acceptors (Lipinski definition) is 6. The minimum Gasteiger partial charge on any atom is -0.490 e. The highest BCUT2D eigenvalue weighted by Gasteiger charge is 2.32. The number of aliphatic hydroxyl groups is 1. The molecule has 0 aliphatic carbocycles. The monoisotopic (exact) mass is 405 g/mol. The van der Waals surface area contributed by atoms with Gasteiger partial charge < -0.3 is 20.5 Å². The zero-order chi connectivity index (χ0) is 21.8. The first-order valence-electron chi connectivity index (χ1n) is 8.48. The van der Waals surface area contributed by atoms with Gasteiger partial charge in [-0.25, -0.2) is 4.39 Å². The van der Waals surface area contributed by atoms with E-state index in [4.69, 9.17) is 4.74 Å². The lowest BCUT2D eigenvalue weighted by molar-refractivity contribution is -0.385. The Morgan fingerprint density at radius 1 is 1.24 bits per heavy atom. The van der Waals surface area contributed by atoms with Gasteiger partial charge in [0.2, 0.25) is 5.91 Å². The summed E-state index contributed by atoms with van der Waals surface area (Å²) in [6.07, 6.45) is 0. The Morgan fingerprint density at radius 3 is 2.48 bits per heavy atom. The van der Waals surface area contributed by atoms with Gasteiger partial charge in [-0.15, -0.1) is 0 Å². The molecule has 1 atom stereocenters. The molecule has 0 bridgehead atoms. The van der Waals surface area contributed by atoms with Crippen molar-refractivity contribution in [1.29, 1.82) is 0 Å². The van der Waals surface area contributed by atoms with Gasteiger partial charge >= 0.3 is 0 Å². The summed E-state index contributed by atoms with van der Waals surface area (Å²) in [5.74, 6) is -1.92. The third-order valence-electron chi connectivity index (χ3n) is 3.91. The minimum absolute atomic E-state index is 0.0251. The molecule has 9 nitrogen and oxygen atoms in total. The van der Waals surface area contributed by atoms with Crippen molar-refractivity contribution in [3.8, 4) is 5.75 Å². The molecule has 0 aliphatic rings. The average Bonchev–Trinajstić information content (AvgIpc) is 2.61. The molecule has 0 radical (unpaired) electrons. The van der Waals surface area contributed by atoms with Gasteiger partial charge in [-0.05, 0) is 38.1 Å². The normalized spacial score (nSPS) is 12.6. The third-order valence-corrected chi connectivity index (χ3v) is 3.91. The fraction of sp³-hybridized carbons (Fsp3) is 0.263. The maximum atomic E-state index is 13.9. The second-order valence-corrected chi connectivity index (χ2v) is 6.60. The van der Waals surface area contributed by atoms with Gasteiger partial charge in [0.05, 0.1) is 10.6 Å². The third kappa shape index (κ3) is 5.72. The largest absolute Gasteiger partial charge is 0.490 e. The summed E-state index contributed by atoms with van der Waals surface area (Å²) in [6, 6.07) is 7.68. The maximum absolute atomic E-state index is 13.9. The highest BCUT2D eigenvalue weighted by molar-refractivity contribution is 5.97. The predicted molar refractivity (Wildman–Crippen MR) is 103 cm³/mol. The Hall–Kier alpha value is -3.53. The van der Waals surface area contributed by atoms with E-state index in [2.05, 4.69) is 10.6 Å². The highest BCUT2D eigenvalue weighted by atomic mass is 19.1. The lowest BCUT2D eigenvalue weighted by Crippen LogP contribution is -2.45. The number of nitro groups is 1. The SMILES string of the molecule is CC(=O)Nc1ccc(OCC(C)(O)C(=O)Nc2ccc([N+](=O)[O-])c(C)c2)cc1F. The van der Waals surface area contributed by atoms with E-state index in [0.717, 1.165) is 6.07 Å². The molecule has 0 saturated heterocycles. The lowest BCUT2D eigenvalue weighted by atomic mass is 10.1. The summed E-state index contributed by atoms with van der Waals surface area (Å²) in [4.78, 5) is 33.6. The molecule has 0 saturated carbocycles. The van der Waals surface area contributed by atoms with Gasteiger partial charge in [0.25, 0.3) is 11.6 Å². The van der Waals surface area contributed by atoms with Crippen LogP contribution < -0.4 is 15.4 Å². The van der Waals surface area contributed by atoms with Crippen LogP contribution in [0.15, 0.2) is 36.4 Å². The number of nitrogens with one attached hydrogen (secondary N) is 2. The fourth-order valence-electron chi connectivity index (χ4n) is 2.37. The molecular weight excluding hydrogens is 385 g/mol. The number of aryl methyl sites for hydroxylation is 1. The second kappa shape index (κ2) is 8.65. The first-order chi connectivity index (χ1) is 13.5. The van der Waals surface area contributed by atoms with Crippen LogP contribution in [0.4, 0.5) is 21.5 Å². The molecule has 0 spiro atoms. The summed E-state index contributed by atoms with van der Waals surface area (Å²) < 4.78 is 19.2. The van der Waals surface area contributed by atoms with E-state index in [1.807, 2.05) is 0 Å². The van der Waals surface area contributed by atoms with Gasteiger partial charge in [0, 0.05) is 30.3 Å². The topological polar surface area (TPSA) is 131 Å². The van der Waals surface area contributed by atoms with E-state index in [9.17, 15) is 29.2 Å². The molecule has 0 aromatic heterocycles. The molecule has 10 heteroatoms. The Morgan fingerprint density at radius 2 is 1.93 bits per heavy atom. The first-order valence-corrected chi connectivity index (χ1v) is 8.48. The summed E-state index contributed by atoms with van der Waals surface area (Å²) in [5.41, 5.74) is -1.48. The van der Waals surface area contributed by atoms with E-state index in [-0.39, 0.29) is 22.8 Å². The number of nitro benzene ring substituents is 1. The standard InChI is InChI=1S/C19H20FN3O6/c1-11-8-13(4-7-17(11)23(27)28)22-18(25)19(3,26)10-29-14-5-6-16(15(20)9-14)21-12(2)24/h4-9,26H,10H2,1-3H3,(H,21,24)(H,22,25). The van der Waals surface area contributed by atoms with E-state index in [1.165, 1.54) is 51.1 Å². The van der Waals surface area contributed by atoms with Crippen LogP contribution in [0, 0.1) is 22.9 Å². The lowest BCUT2D eigenvalue weighted by Gasteiger charge is -2.23. The van der Waals surface area contributed by atoms with Gasteiger partial charge in [0.15, 0.2) is 5.60 Å². The van der Waals surface area contributed by atoms with Crippen molar-refractivity contribution in [3.63, 3.8) is 0 Å². The average molecular weight is 405 g/mol. The zero-order valence-corrected chi connectivity index (χ0v) is 16.0. The molecular formula is C19H20FN3O6. The zero-order valence-electron chi connectivity index (χ0n) is 16.0. The first kappa shape index (κ1) is 21.8. The van der Waals surface area contributed by atoms with Crippen LogP contribution in [-0.4, -0.2) is 34.1 Å². The molecule has 2 aromatic rings. The van der Waals surface area contributed by atoms with Gasteiger partial charge in [-0.3, -0.25) is 19.7 Å². The minimum atomic E-state index is -1.97. The van der Waals surface area contributed by atoms with Crippen LogP contribution in [-0.2, 0) is 9.59 Å². The van der Waals surface area contributed by atoms with Crippen molar-refractivity contribution in [1.82, 2.24) is 0 Å². The van der Waals surface area contributed by atoms with Crippen LogP contribution in [0.1, 0.15) is 19.4 Å². The molecule has 0 aliphatic heterocycles. The molecule has 3 N–H and O–H groups in total. The van der Waals surface area contributed by atoms with E-state index in [0.29, 0.717) is 5.56 Å². The second-order valence-electron chi connectivity index (χ2n) is 6.60. The van der Waals surface area contributed by atoms with Crippen molar-refractivity contribution in [2.75, 3.05) is 17.2 Å². The van der Waals surface area contributed by atoms with Crippen LogP contribution in [0.2, 0.25) is 0 Å². The number of carbonyl (C=O) groups excluding carboxylic acids is 2. The van der Waals surface area contributed by atoms with E-state index >= 15 is 0 Å². The van der Waals surface area contributed by atoms with E-state index < -0.39 is 34.8 Å². The number of halogens is 1. The molecule has 154 valence electrons. The number of hydrogen-bond donors (Lipinski definition) is 3. The van der Waals surface area contributed by atoms with Crippen molar-refractivity contribution in [2.24, 2.45) is 0 Å². The van der Waals surface area contributed by atoms with Gasteiger partial charge in [-0.1, -0.05) is 0 Å². The Kier molecular flexibility index (Phi) is 6.49. The molecule has 0 fully saturated rings. The molecule has 29 heavy (non-hydrogen) atoms. The number of benzene rings is 2. The fourth-order valence-corrected chi connectivity index (χ4v) is 2.37. The molecule has 2 aromatic carbocycles. The number of carbonyl (C=O) groups is 2. The Balaban J connectivity index is 2.02. The van der Waals surface area contributed by atoms with Crippen molar-refractivity contribution in [2.45, 2.75) is 26.4 Å². The van der Waals surface area contributed by atoms with Crippen LogP contribution in [0.5, 0.6) is 5.75 Å². The highest BCUT2D eigenvalue weighted by Crippen LogP contribution is 2.24. The Bertz CT molecular complexity index is 961. The number of rotatable bonds is 7.